The van der Waals surface area contributed by atoms with Crippen molar-refractivity contribution in [3.05, 3.63) is 47.9 Å². The summed E-state index contributed by atoms with van der Waals surface area (Å²) < 4.78 is 43.0. The van der Waals surface area contributed by atoms with E-state index in [1.807, 2.05) is 12.1 Å². The minimum Gasteiger partial charge on any atom is -0.373 e. The Labute approximate surface area is 147 Å². The number of ether oxygens (including phenoxy) is 1. The number of nitrogens with one attached hydrogen (secondary N) is 2. The number of nitrogens with zero attached hydrogens (tertiary/aromatic N) is 3. The summed E-state index contributed by atoms with van der Waals surface area (Å²) in [4.78, 5) is 16.1. The summed E-state index contributed by atoms with van der Waals surface area (Å²) in [7, 11) is 0. The molecule has 2 unspecified atom stereocenters. The van der Waals surface area contributed by atoms with E-state index in [0.717, 1.165) is 17.7 Å². The van der Waals surface area contributed by atoms with Crippen LogP contribution in [0, 0.1) is 0 Å². The highest BCUT2D eigenvalue weighted by atomic mass is 19.4. The lowest BCUT2D eigenvalue weighted by Gasteiger charge is -2.30. The van der Waals surface area contributed by atoms with Gasteiger partial charge in [0.05, 0.1) is 6.10 Å². The van der Waals surface area contributed by atoms with Gasteiger partial charge in [-0.3, -0.25) is 10.3 Å². The molecule has 2 atom stereocenters. The molecule has 0 aliphatic carbocycles. The number of pyridine rings is 1. The van der Waals surface area contributed by atoms with Gasteiger partial charge in [0.15, 0.2) is 11.5 Å². The Kier molecular flexibility index (Phi) is 5.31. The largest absolute Gasteiger partial charge is 0.435 e. The first-order valence-corrected chi connectivity index (χ1v) is 7.92. The second-order valence-corrected chi connectivity index (χ2v) is 5.77. The molecule has 2 N–H and O–H groups in total. The zero-order chi connectivity index (χ0) is 18.6. The van der Waals surface area contributed by atoms with Gasteiger partial charge in [0.25, 0.3) is 0 Å². The molecule has 0 saturated carbocycles. The minimum absolute atomic E-state index is 0.0635. The van der Waals surface area contributed by atoms with Crippen LogP contribution in [0.15, 0.2) is 36.7 Å². The lowest BCUT2D eigenvalue weighted by molar-refractivity contribution is -0.141. The van der Waals surface area contributed by atoms with Crippen molar-refractivity contribution >= 4 is 11.8 Å². The fourth-order valence-electron chi connectivity index (χ4n) is 2.61. The lowest BCUT2D eigenvalue weighted by atomic mass is 9.99. The predicted molar refractivity (Wildman–Crippen MR) is 85.1 cm³/mol. The molecule has 0 radical (unpaired) electrons. The Hall–Kier alpha value is -2.75. The molecule has 2 aromatic heterocycles. The molecule has 0 spiro atoms. The molecule has 1 saturated heterocycles. The first kappa shape index (κ1) is 18.1. The second-order valence-electron chi connectivity index (χ2n) is 5.77. The number of urea groups is 1. The van der Waals surface area contributed by atoms with Crippen molar-refractivity contribution < 1.29 is 22.7 Å². The van der Waals surface area contributed by atoms with Gasteiger partial charge >= 0.3 is 12.2 Å². The Bertz CT molecular complexity index is 740. The molecule has 1 aliphatic heterocycles. The van der Waals surface area contributed by atoms with Gasteiger partial charge in [-0.2, -0.15) is 13.2 Å². The fourth-order valence-corrected chi connectivity index (χ4v) is 2.61. The maximum Gasteiger partial charge on any atom is 0.435 e. The number of carbonyl (C=O) groups is 1. The molecule has 26 heavy (non-hydrogen) atoms. The fraction of sp³-hybridized carbons (Fsp3) is 0.375. The van der Waals surface area contributed by atoms with Crippen LogP contribution in [-0.4, -0.2) is 33.9 Å². The lowest BCUT2D eigenvalue weighted by Crippen LogP contribution is -2.42. The first-order chi connectivity index (χ1) is 12.4. The van der Waals surface area contributed by atoms with Crippen molar-refractivity contribution in [1.29, 1.82) is 0 Å². The van der Waals surface area contributed by atoms with Crippen LogP contribution in [0.5, 0.6) is 0 Å². The summed E-state index contributed by atoms with van der Waals surface area (Å²) in [6.45, 7) is 0.477. The number of hydrogen-bond acceptors (Lipinski definition) is 5. The van der Waals surface area contributed by atoms with Crippen LogP contribution in [-0.2, 0) is 10.9 Å². The number of hydrogen-bond donors (Lipinski definition) is 2. The van der Waals surface area contributed by atoms with Crippen molar-refractivity contribution in [2.45, 2.75) is 31.2 Å². The number of anilines is 1. The summed E-state index contributed by atoms with van der Waals surface area (Å²) in [6.07, 6.45) is -0.169. The predicted octanol–water partition coefficient (Wildman–Crippen LogP) is 2.93. The number of halogens is 3. The third-order valence-corrected chi connectivity index (χ3v) is 3.87. The van der Waals surface area contributed by atoms with E-state index in [4.69, 9.17) is 4.74 Å². The number of amides is 2. The Morgan fingerprint density at radius 2 is 2.08 bits per heavy atom. The van der Waals surface area contributed by atoms with Gasteiger partial charge in [0, 0.05) is 25.0 Å². The maximum absolute atomic E-state index is 12.4. The molecule has 3 heterocycles. The average Bonchev–Trinajstić information content (AvgIpc) is 2.62. The molecular weight excluding hydrogens is 351 g/mol. The SMILES string of the molecule is O=C(Nc1ccc(C(F)(F)F)nn1)NC1CCOC(c2cccnc2)C1. The van der Waals surface area contributed by atoms with E-state index in [1.165, 1.54) is 0 Å². The van der Waals surface area contributed by atoms with Crippen LogP contribution in [0.25, 0.3) is 0 Å². The standard InChI is InChI=1S/C16H16F3N5O2/c17-16(18,19)13-3-4-14(24-23-13)22-15(25)21-11-5-7-26-12(8-11)10-2-1-6-20-9-10/h1-4,6,9,11-12H,5,7-8H2,(H2,21,22,24,25). The van der Waals surface area contributed by atoms with Crippen LogP contribution >= 0.6 is 0 Å². The molecule has 10 heteroatoms. The Balaban J connectivity index is 1.54. The van der Waals surface area contributed by atoms with Crippen molar-refractivity contribution in [2.24, 2.45) is 0 Å². The highest BCUT2D eigenvalue weighted by molar-refractivity contribution is 5.88. The van der Waals surface area contributed by atoms with Gasteiger partial charge in [0.1, 0.15) is 0 Å². The van der Waals surface area contributed by atoms with Crippen LogP contribution in [0.1, 0.15) is 30.2 Å². The minimum atomic E-state index is -4.57. The summed E-state index contributed by atoms with van der Waals surface area (Å²) in [6, 6.07) is 4.82. The molecule has 3 rings (SSSR count). The molecule has 0 aromatic carbocycles. The highest BCUT2D eigenvalue weighted by Gasteiger charge is 2.33. The van der Waals surface area contributed by atoms with Gasteiger partial charge in [-0.1, -0.05) is 6.07 Å². The van der Waals surface area contributed by atoms with E-state index in [9.17, 15) is 18.0 Å². The number of carbonyl (C=O) groups excluding carboxylic acids is 1. The Morgan fingerprint density at radius 1 is 1.23 bits per heavy atom. The quantitative estimate of drug-likeness (QED) is 0.871. The maximum atomic E-state index is 12.4. The van der Waals surface area contributed by atoms with Crippen LogP contribution in [0.2, 0.25) is 0 Å². The molecule has 7 nitrogen and oxygen atoms in total. The van der Waals surface area contributed by atoms with Gasteiger partial charge in [-0.05, 0) is 36.6 Å². The van der Waals surface area contributed by atoms with E-state index < -0.39 is 17.9 Å². The third kappa shape index (κ3) is 4.66. The van der Waals surface area contributed by atoms with Crippen LogP contribution in [0.3, 0.4) is 0 Å². The molecular formula is C16H16F3N5O2. The van der Waals surface area contributed by atoms with Gasteiger partial charge < -0.3 is 10.1 Å². The zero-order valence-corrected chi connectivity index (χ0v) is 13.5. The first-order valence-electron chi connectivity index (χ1n) is 7.92. The smallest absolute Gasteiger partial charge is 0.373 e. The number of rotatable bonds is 3. The van der Waals surface area contributed by atoms with Gasteiger partial charge in [-0.15, -0.1) is 10.2 Å². The number of aromatic nitrogens is 3. The van der Waals surface area contributed by atoms with E-state index in [0.29, 0.717) is 19.4 Å². The van der Waals surface area contributed by atoms with E-state index in [1.54, 1.807) is 12.4 Å². The molecule has 0 bridgehead atoms. The van der Waals surface area contributed by atoms with Crippen molar-refractivity contribution in [2.75, 3.05) is 11.9 Å². The summed E-state index contributed by atoms with van der Waals surface area (Å²) in [5.41, 5.74) is -0.194. The molecule has 138 valence electrons. The monoisotopic (exact) mass is 367 g/mol. The van der Waals surface area contributed by atoms with Gasteiger partial charge in [0.2, 0.25) is 0 Å². The van der Waals surface area contributed by atoms with E-state index in [2.05, 4.69) is 25.8 Å². The van der Waals surface area contributed by atoms with Crippen LogP contribution < -0.4 is 10.6 Å². The van der Waals surface area contributed by atoms with E-state index >= 15 is 0 Å². The van der Waals surface area contributed by atoms with Crippen molar-refractivity contribution in [3.8, 4) is 0 Å². The Morgan fingerprint density at radius 3 is 2.73 bits per heavy atom. The highest BCUT2D eigenvalue weighted by Crippen LogP contribution is 2.28. The molecule has 2 amide bonds. The number of alkyl halides is 3. The summed E-state index contributed by atoms with van der Waals surface area (Å²) in [5, 5.41) is 11.6. The van der Waals surface area contributed by atoms with Crippen molar-refractivity contribution in [1.82, 2.24) is 20.5 Å². The molecule has 2 aromatic rings. The van der Waals surface area contributed by atoms with Crippen LogP contribution in [0.4, 0.5) is 23.8 Å². The third-order valence-electron chi connectivity index (χ3n) is 3.87. The zero-order valence-electron chi connectivity index (χ0n) is 13.5. The van der Waals surface area contributed by atoms with Gasteiger partial charge in [-0.25, -0.2) is 4.79 Å². The second kappa shape index (κ2) is 7.65. The normalized spacial score (nSPS) is 20.4. The topological polar surface area (TPSA) is 89.0 Å². The van der Waals surface area contributed by atoms with Crippen molar-refractivity contribution in [3.63, 3.8) is 0 Å². The molecule has 1 aliphatic rings. The molecule has 1 fully saturated rings. The summed E-state index contributed by atoms with van der Waals surface area (Å²) in [5.74, 6) is -0.0635. The summed E-state index contributed by atoms with van der Waals surface area (Å²) >= 11 is 0. The van der Waals surface area contributed by atoms with E-state index in [-0.39, 0.29) is 18.0 Å². The average molecular weight is 367 g/mol.